The number of aromatic nitrogens is 3. The van der Waals surface area contributed by atoms with Crippen LogP contribution >= 0.6 is 11.8 Å². The molecule has 3 N–H and O–H groups in total. The highest BCUT2D eigenvalue weighted by Gasteiger charge is 2.04. The first-order chi connectivity index (χ1) is 8.19. The van der Waals surface area contributed by atoms with Gasteiger partial charge in [-0.2, -0.15) is 5.10 Å². The normalized spacial score (nSPS) is 11.7. The van der Waals surface area contributed by atoms with Gasteiger partial charge in [0.05, 0.1) is 11.1 Å². The second-order valence-electron chi connectivity index (χ2n) is 3.32. The molecule has 0 saturated carbocycles. The number of oxime groups is 1. The van der Waals surface area contributed by atoms with Crippen molar-refractivity contribution in [2.75, 3.05) is 0 Å². The Morgan fingerprint density at radius 2 is 2.41 bits per heavy atom. The van der Waals surface area contributed by atoms with Gasteiger partial charge in [0.2, 0.25) is 0 Å². The minimum absolute atomic E-state index is 0.0698. The molecule has 0 unspecified atom stereocenters. The number of hydrogen-bond acceptors (Lipinski definition) is 5. The summed E-state index contributed by atoms with van der Waals surface area (Å²) in [4.78, 5) is 5.18. The maximum atomic E-state index is 8.59. The topological polar surface area (TPSA) is 89.3 Å². The Bertz CT molecular complexity index is 551. The van der Waals surface area contributed by atoms with E-state index < -0.39 is 0 Å². The SMILES string of the molecule is Cn1cc(Sc2cc(/C(N)=N/O)ccn2)cn1. The van der Waals surface area contributed by atoms with Crippen LogP contribution in [0.5, 0.6) is 0 Å². The van der Waals surface area contributed by atoms with Crippen LogP contribution in [0.2, 0.25) is 0 Å². The zero-order chi connectivity index (χ0) is 12.3. The van der Waals surface area contributed by atoms with E-state index in [1.165, 1.54) is 11.8 Å². The summed E-state index contributed by atoms with van der Waals surface area (Å²) in [6, 6.07) is 3.44. The summed E-state index contributed by atoms with van der Waals surface area (Å²) in [6.45, 7) is 0. The lowest BCUT2D eigenvalue weighted by molar-refractivity contribution is 0.318. The van der Waals surface area contributed by atoms with Gasteiger partial charge in [-0.25, -0.2) is 4.98 Å². The van der Waals surface area contributed by atoms with E-state index in [4.69, 9.17) is 10.9 Å². The van der Waals surface area contributed by atoms with E-state index in [0.717, 1.165) is 9.92 Å². The Kier molecular flexibility index (Phi) is 3.29. The first-order valence-electron chi connectivity index (χ1n) is 4.79. The summed E-state index contributed by atoms with van der Waals surface area (Å²) in [5, 5.41) is 16.4. The molecule has 2 aromatic heterocycles. The van der Waals surface area contributed by atoms with Gasteiger partial charge in [0.1, 0.15) is 5.03 Å². The van der Waals surface area contributed by atoms with Gasteiger partial charge in [-0.05, 0) is 12.1 Å². The first kappa shape index (κ1) is 11.5. The molecule has 0 radical (unpaired) electrons. The summed E-state index contributed by atoms with van der Waals surface area (Å²) in [5.41, 5.74) is 6.14. The highest BCUT2D eigenvalue weighted by atomic mass is 32.2. The van der Waals surface area contributed by atoms with Gasteiger partial charge in [-0.1, -0.05) is 16.9 Å². The van der Waals surface area contributed by atoms with Gasteiger partial charge in [-0.3, -0.25) is 4.68 Å². The van der Waals surface area contributed by atoms with E-state index in [0.29, 0.717) is 5.56 Å². The molecule has 0 atom stereocenters. The summed E-state index contributed by atoms with van der Waals surface area (Å²) in [7, 11) is 1.85. The van der Waals surface area contributed by atoms with Gasteiger partial charge in [0.15, 0.2) is 5.84 Å². The van der Waals surface area contributed by atoms with Crippen LogP contribution in [0, 0.1) is 0 Å². The van der Waals surface area contributed by atoms with Gasteiger partial charge >= 0.3 is 0 Å². The lowest BCUT2D eigenvalue weighted by Gasteiger charge is -2.01. The molecular weight excluding hydrogens is 238 g/mol. The van der Waals surface area contributed by atoms with Crippen molar-refractivity contribution < 1.29 is 5.21 Å². The molecule has 17 heavy (non-hydrogen) atoms. The fourth-order valence-corrected chi connectivity index (χ4v) is 2.10. The fourth-order valence-electron chi connectivity index (χ4n) is 1.25. The lowest BCUT2D eigenvalue weighted by Crippen LogP contribution is -2.13. The van der Waals surface area contributed by atoms with Crippen molar-refractivity contribution in [3.8, 4) is 0 Å². The van der Waals surface area contributed by atoms with Crippen LogP contribution in [0.25, 0.3) is 0 Å². The molecule has 0 spiro atoms. The average Bonchev–Trinajstić information content (AvgIpc) is 2.74. The first-order valence-corrected chi connectivity index (χ1v) is 5.61. The number of rotatable bonds is 3. The van der Waals surface area contributed by atoms with E-state index >= 15 is 0 Å². The van der Waals surface area contributed by atoms with Crippen molar-refractivity contribution >= 4 is 17.6 Å². The van der Waals surface area contributed by atoms with Gasteiger partial charge < -0.3 is 10.9 Å². The Balaban J connectivity index is 2.22. The van der Waals surface area contributed by atoms with E-state index in [9.17, 15) is 0 Å². The standard InChI is InChI=1S/C10H11N5OS/c1-15-6-8(5-13-15)17-9-4-7(2-3-12-9)10(11)14-16/h2-6,16H,1H3,(H2,11,14). The monoisotopic (exact) mass is 249 g/mol. The van der Waals surface area contributed by atoms with Gasteiger partial charge in [0, 0.05) is 25.0 Å². The Morgan fingerprint density at radius 1 is 1.59 bits per heavy atom. The molecule has 0 fully saturated rings. The third kappa shape index (κ3) is 2.76. The predicted molar refractivity (Wildman–Crippen MR) is 64.1 cm³/mol. The number of amidine groups is 1. The van der Waals surface area contributed by atoms with Crippen molar-refractivity contribution in [3.05, 3.63) is 36.3 Å². The maximum Gasteiger partial charge on any atom is 0.170 e. The summed E-state index contributed by atoms with van der Waals surface area (Å²) < 4.78 is 1.72. The molecule has 0 amide bonds. The summed E-state index contributed by atoms with van der Waals surface area (Å²) >= 11 is 1.46. The van der Waals surface area contributed by atoms with E-state index in [1.54, 1.807) is 29.2 Å². The van der Waals surface area contributed by atoms with Crippen LogP contribution in [-0.2, 0) is 7.05 Å². The third-order valence-corrected chi connectivity index (χ3v) is 2.92. The molecule has 0 bridgehead atoms. The molecule has 6 nitrogen and oxygen atoms in total. The van der Waals surface area contributed by atoms with Crippen LogP contribution < -0.4 is 5.73 Å². The van der Waals surface area contributed by atoms with Crippen LogP contribution in [-0.4, -0.2) is 25.8 Å². The highest BCUT2D eigenvalue weighted by molar-refractivity contribution is 7.99. The maximum absolute atomic E-state index is 8.59. The second kappa shape index (κ2) is 4.88. The molecule has 2 aromatic rings. The Hall–Kier alpha value is -2.02. The molecule has 7 heteroatoms. The molecule has 0 aliphatic carbocycles. The highest BCUT2D eigenvalue weighted by Crippen LogP contribution is 2.25. The molecule has 0 saturated heterocycles. The second-order valence-corrected chi connectivity index (χ2v) is 4.41. The zero-order valence-electron chi connectivity index (χ0n) is 9.11. The smallest absolute Gasteiger partial charge is 0.170 e. The van der Waals surface area contributed by atoms with Crippen LogP contribution in [0.3, 0.4) is 0 Å². The largest absolute Gasteiger partial charge is 0.409 e. The van der Waals surface area contributed by atoms with Crippen molar-refractivity contribution in [2.24, 2.45) is 17.9 Å². The van der Waals surface area contributed by atoms with Crippen molar-refractivity contribution in [1.29, 1.82) is 0 Å². The molecule has 2 rings (SSSR count). The van der Waals surface area contributed by atoms with E-state index in [1.807, 2.05) is 13.2 Å². The van der Waals surface area contributed by atoms with Crippen molar-refractivity contribution in [3.63, 3.8) is 0 Å². The fraction of sp³-hybridized carbons (Fsp3) is 0.100. The lowest BCUT2D eigenvalue weighted by atomic mass is 10.2. The average molecular weight is 249 g/mol. The molecule has 0 aliphatic rings. The van der Waals surface area contributed by atoms with Crippen LogP contribution in [0.1, 0.15) is 5.56 Å². The summed E-state index contributed by atoms with van der Waals surface area (Å²) in [5.74, 6) is 0.0698. The predicted octanol–water partition coefficient (Wildman–Crippen LogP) is 1.06. The van der Waals surface area contributed by atoms with Crippen molar-refractivity contribution in [2.45, 2.75) is 9.92 Å². The third-order valence-electron chi connectivity index (χ3n) is 2.04. The summed E-state index contributed by atoms with van der Waals surface area (Å²) in [6.07, 6.45) is 5.26. The Labute approximate surface area is 102 Å². The van der Waals surface area contributed by atoms with Crippen molar-refractivity contribution in [1.82, 2.24) is 14.8 Å². The Morgan fingerprint density at radius 3 is 3.06 bits per heavy atom. The number of aryl methyl sites for hydroxylation is 1. The molecule has 2 heterocycles. The minimum Gasteiger partial charge on any atom is -0.409 e. The molecule has 88 valence electrons. The minimum atomic E-state index is 0.0698. The molecule has 0 aliphatic heterocycles. The van der Waals surface area contributed by atoms with Gasteiger partial charge in [0.25, 0.3) is 0 Å². The zero-order valence-corrected chi connectivity index (χ0v) is 9.92. The van der Waals surface area contributed by atoms with Crippen LogP contribution in [0.4, 0.5) is 0 Å². The number of nitrogens with zero attached hydrogens (tertiary/aromatic N) is 4. The molecular formula is C10H11N5OS. The number of nitrogens with two attached hydrogens (primary N) is 1. The molecule has 0 aromatic carbocycles. The van der Waals surface area contributed by atoms with Gasteiger partial charge in [-0.15, -0.1) is 0 Å². The quantitative estimate of drug-likeness (QED) is 0.367. The van der Waals surface area contributed by atoms with Crippen LogP contribution in [0.15, 0.2) is 45.8 Å². The number of hydrogen-bond donors (Lipinski definition) is 2. The van der Waals surface area contributed by atoms with E-state index in [2.05, 4.69) is 15.2 Å². The van der Waals surface area contributed by atoms with E-state index in [-0.39, 0.29) is 5.84 Å². The number of pyridine rings is 1.